The van der Waals surface area contributed by atoms with E-state index in [-0.39, 0.29) is 33.4 Å². The van der Waals surface area contributed by atoms with Crippen LogP contribution >= 0.6 is 0 Å². The summed E-state index contributed by atoms with van der Waals surface area (Å²) in [6.45, 7) is 11.8. The highest BCUT2D eigenvalue weighted by atomic mass is 32.2. The fourth-order valence-corrected chi connectivity index (χ4v) is 7.12. The van der Waals surface area contributed by atoms with Crippen molar-refractivity contribution in [3.63, 3.8) is 0 Å². The molecule has 1 aliphatic heterocycles. The summed E-state index contributed by atoms with van der Waals surface area (Å²) < 4.78 is 38.8. The number of nitrogens with zero attached hydrogens (tertiary/aromatic N) is 3. The number of hydrogen-bond acceptors (Lipinski definition) is 5. The number of aromatic nitrogens is 3. The highest BCUT2D eigenvalue weighted by Gasteiger charge is 2.40. The molecule has 2 atom stereocenters. The quantitative estimate of drug-likeness (QED) is 0.533. The van der Waals surface area contributed by atoms with Crippen LogP contribution in [0.4, 0.5) is 0 Å². The smallest absolute Gasteiger partial charge is 0.330 e. The summed E-state index contributed by atoms with van der Waals surface area (Å²) in [4.78, 5) is 18.2. The van der Waals surface area contributed by atoms with Crippen LogP contribution in [0.3, 0.4) is 0 Å². The average Bonchev–Trinajstić information content (AvgIpc) is 3.38. The number of hydrogen-bond donors (Lipinski definition) is 1. The topological polar surface area (TPSA) is 95.2 Å². The lowest BCUT2D eigenvalue weighted by Gasteiger charge is -2.42. The van der Waals surface area contributed by atoms with Gasteiger partial charge in [0.2, 0.25) is 10.0 Å². The zero-order valence-electron chi connectivity index (χ0n) is 22.7. The molecule has 0 radical (unpaired) electrons. The van der Waals surface area contributed by atoms with E-state index in [0.717, 1.165) is 41.8 Å². The van der Waals surface area contributed by atoms with Crippen LogP contribution in [-0.4, -0.2) is 35.2 Å². The minimum absolute atomic E-state index is 0.0397. The Morgan fingerprint density at radius 3 is 2.68 bits per heavy atom. The molecule has 1 aliphatic carbocycles. The zero-order chi connectivity index (χ0) is 26.8. The lowest BCUT2D eigenvalue weighted by Crippen LogP contribution is -2.48. The first-order valence-electron chi connectivity index (χ1n) is 13.1. The van der Waals surface area contributed by atoms with Gasteiger partial charge >= 0.3 is 5.69 Å². The summed E-state index contributed by atoms with van der Waals surface area (Å²) in [5.74, 6) is 0.865. The van der Waals surface area contributed by atoms with Crippen molar-refractivity contribution >= 4 is 21.2 Å². The summed E-state index contributed by atoms with van der Waals surface area (Å²) >= 11 is 0. The van der Waals surface area contributed by atoms with E-state index in [1.54, 1.807) is 34.4 Å². The molecule has 1 fully saturated rings. The Kier molecular flexibility index (Phi) is 6.30. The maximum Gasteiger partial charge on any atom is 0.330 e. The van der Waals surface area contributed by atoms with E-state index in [1.807, 2.05) is 12.1 Å². The van der Waals surface area contributed by atoms with Gasteiger partial charge in [-0.15, -0.1) is 0 Å². The maximum atomic E-state index is 13.4. The standard InChI is InChI=1S/C28H38N4O4S/c1-27(2,3)17-32-22-9-8-21(29-25(22)31(6)26(32)33)18-11-13-28(4,5)24(16-18)30-37(34,35)20-7-10-23-19(15-20)12-14-36-23/h7-10,15,18,24,30H,11-14,16-17H2,1-6H3. The molecule has 3 aromatic rings. The first-order chi connectivity index (χ1) is 17.2. The molecule has 0 amide bonds. The van der Waals surface area contributed by atoms with Crippen molar-refractivity contribution in [2.75, 3.05) is 6.61 Å². The van der Waals surface area contributed by atoms with Crippen LogP contribution in [0.1, 0.15) is 71.1 Å². The summed E-state index contributed by atoms with van der Waals surface area (Å²) in [6.07, 6.45) is 3.16. The number of pyridine rings is 1. The SMILES string of the molecule is Cn1c(=O)n(CC(C)(C)C)c2ccc(C3CCC(C)(C)C(NS(=O)(=O)c4ccc5c(c4)CCO5)C3)nc21. The van der Waals surface area contributed by atoms with E-state index < -0.39 is 10.0 Å². The molecule has 0 spiro atoms. The molecule has 37 heavy (non-hydrogen) atoms. The van der Waals surface area contributed by atoms with Crippen LogP contribution in [0.15, 0.2) is 40.0 Å². The number of aryl methyl sites for hydroxylation is 1. The van der Waals surface area contributed by atoms with Gasteiger partial charge in [-0.25, -0.2) is 22.9 Å². The molecule has 0 bridgehead atoms. The molecular weight excluding hydrogens is 488 g/mol. The fraction of sp³-hybridized carbons (Fsp3) is 0.571. The first kappa shape index (κ1) is 26.0. The number of sulfonamides is 1. The highest BCUT2D eigenvalue weighted by molar-refractivity contribution is 7.89. The number of rotatable bonds is 5. The Hall–Kier alpha value is -2.65. The van der Waals surface area contributed by atoms with Gasteiger partial charge in [0.05, 0.1) is 17.0 Å². The van der Waals surface area contributed by atoms with Gasteiger partial charge in [-0.05, 0) is 66.0 Å². The highest BCUT2D eigenvalue weighted by Crippen LogP contribution is 2.43. The summed E-state index contributed by atoms with van der Waals surface area (Å²) in [5, 5.41) is 0. The zero-order valence-corrected chi connectivity index (χ0v) is 23.5. The largest absolute Gasteiger partial charge is 0.493 e. The van der Waals surface area contributed by atoms with Gasteiger partial charge in [0.15, 0.2) is 5.65 Å². The van der Waals surface area contributed by atoms with Crippen LogP contribution in [0.2, 0.25) is 0 Å². The molecule has 200 valence electrons. The molecule has 0 saturated heterocycles. The second-order valence-corrected chi connectivity index (χ2v) is 14.3. The van der Waals surface area contributed by atoms with Crippen LogP contribution in [0.5, 0.6) is 5.75 Å². The first-order valence-corrected chi connectivity index (χ1v) is 14.6. The van der Waals surface area contributed by atoms with E-state index in [2.05, 4.69) is 39.3 Å². The Bertz CT molecular complexity index is 1510. The molecule has 1 N–H and O–H groups in total. The van der Waals surface area contributed by atoms with E-state index in [1.165, 1.54) is 0 Å². The molecule has 1 saturated carbocycles. The van der Waals surface area contributed by atoms with Gasteiger partial charge in [0.1, 0.15) is 5.75 Å². The third-order valence-corrected chi connectivity index (χ3v) is 9.39. The second kappa shape index (κ2) is 8.98. The van der Waals surface area contributed by atoms with E-state index in [9.17, 15) is 13.2 Å². The second-order valence-electron chi connectivity index (χ2n) is 12.6. The Balaban J connectivity index is 1.42. The number of ether oxygens (including phenoxy) is 1. The van der Waals surface area contributed by atoms with E-state index >= 15 is 0 Å². The van der Waals surface area contributed by atoms with Gasteiger partial charge in [-0.2, -0.15) is 0 Å². The van der Waals surface area contributed by atoms with Crippen molar-refractivity contribution in [3.8, 4) is 5.75 Å². The number of benzene rings is 1. The van der Waals surface area contributed by atoms with Gasteiger partial charge in [0, 0.05) is 37.7 Å². The third kappa shape index (κ3) is 4.95. The van der Waals surface area contributed by atoms with Crippen molar-refractivity contribution in [2.24, 2.45) is 17.9 Å². The Labute approximate surface area is 219 Å². The molecular formula is C28H38N4O4S. The van der Waals surface area contributed by atoms with Gasteiger partial charge in [-0.3, -0.25) is 9.13 Å². The van der Waals surface area contributed by atoms with E-state index in [0.29, 0.717) is 25.2 Å². The van der Waals surface area contributed by atoms with Crippen molar-refractivity contribution in [1.29, 1.82) is 0 Å². The summed E-state index contributed by atoms with van der Waals surface area (Å²) in [6, 6.07) is 8.87. The van der Waals surface area contributed by atoms with Crippen molar-refractivity contribution in [1.82, 2.24) is 18.8 Å². The molecule has 3 heterocycles. The van der Waals surface area contributed by atoms with Crippen LogP contribution in [-0.2, 0) is 30.0 Å². The Morgan fingerprint density at radius 1 is 1.19 bits per heavy atom. The monoisotopic (exact) mass is 526 g/mol. The fourth-order valence-electron chi connectivity index (χ4n) is 5.65. The lowest BCUT2D eigenvalue weighted by atomic mass is 9.69. The third-order valence-electron chi connectivity index (χ3n) is 7.92. The number of imidazole rings is 1. The van der Waals surface area contributed by atoms with E-state index in [4.69, 9.17) is 9.72 Å². The van der Waals surface area contributed by atoms with Crippen molar-refractivity contribution < 1.29 is 13.2 Å². The molecule has 2 aliphatic rings. The van der Waals surface area contributed by atoms with Gasteiger partial charge in [0.25, 0.3) is 0 Å². The molecule has 1 aromatic carbocycles. The number of nitrogens with one attached hydrogen (secondary N) is 1. The van der Waals surface area contributed by atoms with Crippen LogP contribution in [0.25, 0.3) is 11.2 Å². The van der Waals surface area contributed by atoms with Crippen LogP contribution in [0, 0.1) is 10.8 Å². The Morgan fingerprint density at radius 2 is 1.95 bits per heavy atom. The molecule has 9 heteroatoms. The van der Waals surface area contributed by atoms with Crippen LogP contribution < -0.4 is 15.1 Å². The van der Waals surface area contributed by atoms with Crippen molar-refractivity contribution in [3.05, 3.63) is 52.1 Å². The molecule has 5 rings (SSSR count). The molecule has 2 aromatic heterocycles. The summed E-state index contributed by atoms with van der Waals surface area (Å²) in [7, 11) is -1.93. The summed E-state index contributed by atoms with van der Waals surface area (Å²) in [5.41, 5.74) is 3.05. The maximum absolute atomic E-state index is 13.4. The van der Waals surface area contributed by atoms with Crippen molar-refractivity contribution in [2.45, 2.75) is 83.7 Å². The predicted molar refractivity (Wildman–Crippen MR) is 145 cm³/mol. The minimum atomic E-state index is -3.69. The molecule has 8 nitrogen and oxygen atoms in total. The van der Waals surface area contributed by atoms with Gasteiger partial charge in [-0.1, -0.05) is 34.6 Å². The van der Waals surface area contributed by atoms with Gasteiger partial charge < -0.3 is 4.74 Å². The predicted octanol–water partition coefficient (Wildman–Crippen LogP) is 4.36. The number of fused-ring (bicyclic) bond motifs is 2. The average molecular weight is 527 g/mol. The lowest BCUT2D eigenvalue weighted by molar-refractivity contribution is 0.170. The normalized spacial score (nSPS) is 21.7. The minimum Gasteiger partial charge on any atom is -0.493 e. The molecule has 2 unspecified atom stereocenters.